The predicted molar refractivity (Wildman–Crippen MR) is 116 cm³/mol. The summed E-state index contributed by atoms with van der Waals surface area (Å²) in [7, 11) is 0. The third-order valence-electron chi connectivity index (χ3n) is 5.04. The maximum Gasteiger partial charge on any atom is 0.258 e. The van der Waals surface area contributed by atoms with Gasteiger partial charge in [-0.1, -0.05) is 30.3 Å². The minimum atomic E-state index is -0.241. The van der Waals surface area contributed by atoms with Gasteiger partial charge in [0.15, 0.2) is 6.61 Å². The van der Waals surface area contributed by atoms with Crippen LogP contribution in [-0.2, 0) is 9.59 Å². The van der Waals surface area contributed by atoms with Crippen molar-refractivity contribution in [3.63, 3.8) is 0 Å². The molecule has 3 aromatic carbocycles. The van der Waals surface area contributed by atoms with Crippen molar-refractivity contribution in [2.45, 2.75) is 19.4 Å². The minimum Gasteiger partial charge on any atom is -0.494 e. The molecule has 0 aliphatic carbocycles. The lowest BCUT2D eigenvalue weighted by atomic mass is 10.1. The van der Waals surface area contributed by atoms with Gasteiger partial charge in [0.1, 0.15) is 11.5 Å². The maximum atomic E-state index is 12.4. The van der Waals surface area contributed by atoms with Crippen LogP contribution in [0.15, 0.2) is 66.7 Å². The summed E-state index contributed by atoms with van der Waals surface area (Å²) in [6, 6.07) is 20.9. The summed E-state index contributed by atoms with van der Waals surface area (Å²) in [4.78, 5) is 26.4. The van der Waals surface area contributed by atoms with Gasteiger partial charge in [-0.2, -0.15) is 0 Å². The number of ether oxygens (including phenoxy) is 2. The van der Waals surface area contributed by atoms with Crippen LogP contribution in [0.3, 0.4) is 0 Å². The summed E-state index contributed by atoms with van der Waals surface area (Å²) >= 11 is 0. The van der Waals surface area contributed by atoms with E-state index in [2.05, 4.69) is 5.32 Å². The number of benzene rings is 3. The lowest BCUT2D eigenvalue weighted by molar-refractivity contribution is -0.123. The Bertz CT molecular complexity index is 1050. The van der Waals surface area contributed by atoms with Crippen LogP contribution in [0, 0.1) is 0 Å². The monoisotopic (exact) mass is 404 g/mol. The van der Waals surface area contributed by atoms with Crippen molar-refractivity contribution in [1.82, 2.24) is 5.32 Å². The molecule has 0 aromatic heterocycles. The Morgan fingerprint density at radius 1 is 1.00 bits per heavy atom. The van der Waals surface area contributed by atoms with E-state index >= 15 is 0 Å². The second-order valence-corrected chi connectivity index (χ2v) is 7.20. The first-order valence-electron chi connectivity index (χ1n) is 10.1. The van der Waals surface area contributed by atoms with Crippen LogP contribution >= 0.6 is 0 Å². The number of rotatable bonds is 7. The Morgan fingerprint density at radius 3 is 2.50 bits per heavy atom. The van der Waals surface area contributed by atoms with Gasteiger partial charge >= 0.3 is 0 Å². The van der Waals surface area contributed by atoms with Crippen molar-refractivity contribution in [3.8, 4) is 11.5 Å². The second kappa shape index (κ2) is 8.86. The molecule has 0 saturated carbocycles. The molecule has 1 atom stereocenters. The molecule has 1 fully saturated rings. The summed E-state index contributed by atoms with van der Waals surface area (Å²) in [5.41, 5.74) is 0.799. The van der Waals surface area contributed by atoms with Crippen molar-refractivity contribution in [2.75, 3.05) is 24.7 Å². The number of hydrogen-bond acceptors (Lipinski definition) is 4. The third-order valence-corrected chi connectivity index (χ3v) is 5.04. The smallest absolute Gasteiger partial charge is 0.258 e. The van der Waals surface area contributed by atoms with E-state index in [9.17, 15) is 9.59 Å². The molecule has 1 aliphatic heterocycles. The van der Waals surface area contributed by atoms with Crippen molar-refractivity contribution in [3.05, 3.63) is 66.7 Å². The number of anilines is 1. The molecule has 6 nitrogen and oxygen atoms in total. The summed E-state index contributed by atoms with van der Waals surface area (Å²) in [5.74, 6) is 1.15. The van der Waals surface area contributed by atoms with Crippen LogP contribution in [0.2, 0.25) is 0 Å². The molecule has 6 heteroatoms. The number of nitrogens with one attached hydrogen (secondary N) is 1. The number of amides is 2. The topological polar surface area (TPSA) is 67.9 Å². The van der Waals surface area contributed by atoms with Crippen LogP contribution in [0.25, 0.3) is 10.8 Å². The first-order valence-corrected chi connectivity index (χ1v) is 10.1. The summed E-state index contributed by atoms with van der Waals surface area (Å²) in [5, 5.41) is 5.07. The second-order valence-electron chi connectivity index (χ2n) is 7.20. The van der Waals surface area contributed by atoms with Gasteiger partial charge in [0.25, 0.3) is 5.91 Å². The molecule has 0 unspecified atom stereocenters. The Hall–Kier alpha value is -3.54. The third kappa shape index (κ3) is 4.54. The Morgan fingerprint density at radius 2 is 1.73 bits per heavy atom. The molecule has 0 bridgehead atoms. The van der Waals surface area contributed by atoms with Crippen LogP contribution in [-0.4, -0.2) is 37.6 Å². The highest BCUT2D eigenvalue weighted by Crippen LogP contribution is 2.24. The Kier molecular flexibility index (Phi) is 5.84. The van der Waals surface area contributed by atoms with E-state index < -0.39 is 0 Å². The predicted octanol–water partition coefficient (Wildman–Crippen LogP) is 3.54. The molecule has 1 N–H and O–H groups in total. The highest BCUT2D eigenvalue weighted by atomic mass is 16.5. The Balaban J connectivity index is 1.30. The van der Waals surface area contributed by atoms with Gasteiger partial charge in [0.2, 0.25) is 5.91 Å². The fraction of sp³-hybridized carbons (Fsp3) is 0.250. The molecule has 3 aromatic rings. The van der Waals surface area contributed by atoms with Crippen molar-refractivity contribution < 1.29 is 19.1 Å². The van der Waals surface area contributed by atoms with E-state index in [0.29, 0.717) is 18.9 Å². The molecule has 1 aliphatic rings. The van der Waals surface area contributed by atoms with E-state index in [4.69, 9.17) is 9.47 Å². The van der Waals surface area contributed by atoms with Gasteiger partial charge in [-0.05, 0) is 54.1 Å². The van der Waals surface area contributed by atoms with E-state index in [1.165, 1.54) is 0 Å². The summed E-state index contributed by atoms with van der Waals surface area (Å²) in [6.07, 6.45) is 0.273. The number of fused-ring (bicyclic) bond motifs is 1. The van der Waals surface area contributed by atoms with E-state index in [-0.39, 0.29) is 30.9 Å². The van der Waals surface area contributed by atoms with Crippen molar-refractivity contribution in [1.29, 1.82) is 0 Å². The maximum absolute atomic E-state index is 12.4. The fourth-order valence-electron chi connectivity index (χ4n) is 3.62. The van der Waals surface area contributed by atoms with E-state index in [0.717, 1.165) is 22.2 Å². The lowest BCUT2D eigenvalue weighted by Crippen LogP contribution is -2.39. The summed E-state index contributed by atoms with van der Waals surface area (Å²) < 4.78 is 11.1. The number of carbonyl (C=O) groups is 2. The number of hydrogen-bond donors (Lipinski definition) is 1. The highest BCUT2D eigenvalue weighted by Gasteiger charge is 2.31. The molecule has 4 rings (SSSR count). The molecule has 30 heavy (non-hydrogen) atoms. The standard InChI is InChI=1S/C24H24N2O4/c1-2-29-21-11-8-20(9-12-21)26-15-19(14-24(26)28)25-23(27)16-30-22-10-7-17-5-3-4-6-18(17)13-22/h3-13,19H,2,14-16H2,1H3,(H,25,27)/t19-/m1/s1. The molecule has 0 spiro atoms. The largest absolute Gasteiger partial charge is 0.494 e. The zero-order valence-corrected chi connectivity index (χ0v) is 16.8. The van der Waals surface area contributed by atoms with Gasteiger partial charge in [0, 0.05) is 18.7 Å². The Labute approximate surface area is 175 Å². The number of carbonyl (C=O) groups excluding carboxylic acids is 2. The van der Waals surface area contributed by atoms with Gasteiger partial charge in [-0.3, -0.25) is 9.59 Å². The molecule has 0 radical (unpaired) electrons. The molecule has 154 valence electrons. The van der Waals surface area contributed by atoms with Crippen molar-refractivity contribution in [2.24, 2.45) is 0 Å². The number of nitrogens with zero attached hydrogens (tertiary/aromatic N) is 1. The van der Waals surface area contributed by atoms with Crippen LogP contribution in [0.4, 0.5) is 5.69 Å². The summed E-state index contributed by atoms with van der Waals surface area (Å²) in [6.45, 7) is 2.87. The van der Waals surface area contributed by atoms with Gasteiger partial charge in [-0.15, -0.1) is 0 Å². The highest BCUT2D eigenvalue weighted by molar-refractivity contribution is 5.97. The average molecular weight is 404 g/mol. The zero-order chi connectivity index (χ0) is 20.9. The quantitative estimate of drug-likeness (QED) is 0.654. The molecule has 1 heterocycles. The zero-order valence-electron chi connectivity index (χ0n) is 16.8. The van der Waals surface area contributed by atoms with E-state index in [1.54, 1.807) is 4.90 Å². The SMILES string of the molecule is CCOc1ccc(N2C[C@H](NC(=O)COc3ccc4ccccc4c3)CC2=O)cc1. The van der Waals surface area contributed by atoms with Crippen LogP contribution < -0.4 is 19.7 Å². The first kappa shape index (κ1) is 19.8. The average Bonchev–Trinajstić information content (AvgIpc) is 3.12. The first-order chi connectivity index (χ1) is 14.6. The fourth-order valence-corrected chi connectivity index (χ4v) is 3.62. The van der Waals surface area contributed by atoms with Gasteiger partial charge in [-0.25, -0.2) is 0 Å². The molecular formula is C24H24N2O4. The van der Waals surface area contributed by atoms with Crippen LogP contribution in [0.1, 0.15) is 13.3 Å². The molecule has 1 saturated heterocycles. The van der Waals surface area contributed by atoms with Crippen molar-refractivity contribution >= 4 is 28.3 Å². The minimum absolute atomic E-state index is 0.0140. The van der Waals surface area contributed by atoms with Gasteiger partial charge in [0.05, 0.1) is 12.6 Å². The van der Waals surface area contributed by atoms with E-state index in [1.807, 2.05) is 73.7 Å². The molecule has 2 amide bonds. The van der Waals surface area contributed by atoms with Crippen LogP contribution in [0.5, 0.6) is 11.5 Å². The normalized spacial score (nSPS) is 16.0. The molecular weight excluding hydrogens is 380 g/mol. The van der Waals surface area contributed by atoms with Gasteiger partial charge < -0.3 is 19.7 Å². The lowest BCUT2D eigenvalue weighted by Gasteiger charge is -2.18.